The Morgan fingerprint density at radius 2 is 1.57 bits per heavy atom. The number of aromatic nitrogens is 2. The lowest BCUT2D eigenvalue weighted by atomic mass is 9.94. The molecule has 0 N–H and O–H groups in total. The fourth-order valence-electron chi connectivity index (χ4n) is 3.05. The predicted molar refractivity (Wildman–Crippen MR) is 86.1 cm³/mol. The standard InChI is InChI=1S/C19H16N2/c1-2-8-15(9-3-1)19(16-10-4-5-11-16)21-18-13-7-6-12-17(18)14-20-21/h1-14,16,19H. The van der Waals surface area contributed by atoms with E-state index in [-0.39, 0.29) is 6.04 Å². The molecule has 1 heterocycles. The Kier molecular flexibility index (Phi) is 2.93. The summed E-state index contributed by atoms with van der Waals surface area (Å²) < 4.78 is 2.15. The Labute approximate surface area is 124 Å². The number of hydrogen-bond acceptors (Lipinski definition) is 1. The highest BCUT2D eigenvalue weighted by Gasteiger charge is 2.24. The Morgan fingerprint density at radius 1 is 0.857 bits per heavy atom. The summed E-state index contributed by atoms with van der Waals surface area (Å²) in [6.45, 7) is 0. The van der Waals surface area contributed by atoms with Crippen molar-refractivity contribution in [1.82, 2.24) is 9.78 Å². The average Bonchev–Trinajstić information content (AvgIpc) is 3.20. The van der Waals surface area contributed by atoms with E-state index in [0.717, 1.165) is 0 Å². The van der Waals surface area contributed by atoms with Gasteiger partial charge in [-0.1, -0.05) is 72.8 Å². The number of nitrogens with zero attached hydrogens (tertiary/aromatic N) is 2. The molecule has 0 saturated carbocycles. The highest BCUT2D eigenvalue weighted by molar-refractivity contribution is 5.78. The van der Waals surface area contributed by atoms with Crippen molar-refractivity contribution in [1.29, 1.82) is 0 Å². The van der Waals surface area contributed by atoms with Crippen LogP contribution in [0.2, 0.25) is 0 Å². The molecule has 102 valence electrons. The molecule has 4 rings (SSSR count). The SMILES string of the molecule is C1=CC(C(c2ccccc2)n2ncc3ccccc32)C=C1. The van der Waals surface area contributed by atoms with E-state index >= 15 is 0 Å². The molecular formula is C19H16N2. The van der Waals surface area contributed by atoms with Crippen LogP contribution >= 0.6 is 0 Å². The minimum atomic E-state index is 0.195. The first-order chi connectivity index (χ1) is 10.4. The summed E-state index contributed by atoms with van der Waals surface area (Å²) in [4.78, 5) is 0. The molecule has 1 aliphatic rings. The molecule has 21 heavy (non-hydrogen) atoms. The average molecular weight is 272 g/mol. The smallest absolute Gasteiger partial charge is 0.0873 e. The summed E-state index contributed by atoms with van der Waals surface area (Å²) >= 11 is 0. The van der Waals surface area contributed by atoms with Crippen molar-refractivity contribution in [3.63, 3.8) is 0 Å². The van der Waals surface area contributed by atoms with Crippen LogP contribution in [0.15, 0.2) is 85.1 Å². The van der Waals surface area contributed by atoms with Gasteiger partial charge < -0.3 is 0 Å². The molecule has 0 amide bonds. The van der Waals surface area contributed by atoms with Gasteiger partial charge in [-0.25, -0.2) is 0 Å². The molecule has 1 atom stereocenters. The van der Waals surface area contributed by atoms with Crippen molar-refractivity contribution in [2.45, 2.75) is 6.04 Å². The Balaban J connectivity index is 1.90. The lowest BCUT2D eigenvalue weighted by Crippen LogP contribution is -2.18. The van der Waals surface area contributed by atoms with Crippen LogP contribution in [-0.4, -0.2) is 9.78 Å². The molecule has 0 fully saturated rings. The molecule has 1 aliphatic carbocycles. The predicted octanol–water partition coefficient (Wildman–Crippen LogP) is 4.37. The maximum absolute atomic E-state index is 4.67. The summed E-state index contributed by atoms with van der Waals surface area (Å²) in [6.07, 6.45) is 10.7. The molecule has 0 bridgehead atoms. The zero-order valence-corrected chi connectivity index (χ0v) is 11.6. The van der Waals surface area contributed by atoms with E-state index in [4.69, 9.17) is 0 Å². The first-order valence-electron chi connectivity index (χ1n) is 7.26. The van der Waals surface area contributed by atoms with Gasteiger partial charge in [0.15, 0.2) is 0 Å². The van der Waals surface area contributed by atoms with Crippen LogP contribution < -0.4 is 0 Å². The lowest BCUT2D eigenvalue weighted by molar-refractivity contribution is 0.480. The third kappa shape index (κ3) is 2.09. The van der Waals surface area contributed by atoms with Crippen LogP contribution in [0, 0.1) is 5.92 Å². The van der Waals surface area contributed by atoms with Crippen molar-refractivity contribution in [2.24, 2.45) is 5.92 Å². The maximum atomic E-state index is 4.67. The van der Waals surface area contributed by atoms with Gasteiger partial charge in [-0.3, -0.25) is 4.68 Å². The van der Waals surface area contributed by atoms with Gasteiger partial charge in [0, 0.05) is 11.3 Å². The fraction of sp³-hybridized carbons (Fsp3) is 0.105. The quantitative estimate of drug-likeness (QED) is 0.692. The van der Waals surface area contributed by atoms with Gasteiger partial charge in [0.25, 0.3) is 0 Å². The van der Waals surface area contributed by atoms with Gasteiger partial charge in [0.2, 0.25) is 0 Å². The second-order valence-electron chi connectivity index (χ2n) is 5.35. The highest BCUT2D eigenvalue weighted by Crippen LogP contribution is 2.33. The molecule has 0 aliphatic heterocycles. The summed E-state index contributed by atoms with van der Waals surface area (Å²) in [5.74, 6) is 0.343. The minimum absolute atomic E-state index is 0.195. The summed E-state index contributed by atoms with van der Waals surface area (Å²) in [5.41, 5.74) is 2.47. The molecule has 1 aromatic heterocycles. The largest absolute Gasteiger partial charge is 0.256 e. The zero-order chi connectivity index (χ0) is 14.1. The molecule has 3 aromatic rings. The van der Waals surface area contributed by atoms with Gasteiger partial charge in [-0.2, -0.15) is 5.10 Å². The molecule has 0 saturated heterocycles. The van der Waals surface area contributed by atoms with E-state index in [0.29, 0.717) is 5.92 Å². The van der Waals surface area contributed by atoms with E-state index < -0.39 is 0 Å². The lowest BCUT2D eigenvalue weighted by Gasteiger charge is -2.23. The van der Waals surface area contributed by atoms with Gasteiger partial charge in [0.1, 0.15) is 0 Å². The zero-order valence-electron chi connectivity index (χ0n) is 11.6. The first-order valence-corrected chi connectivity index (χ1v) is 7.26. The number of hydrogen-bond donors (Lipinski definition) is 0. The van der Waals surface area contributed by atoms with Crippen LogP contribution in [0.4, 0.5) is 0 Å². The van der Waals surface area contributed by atoms with Crippen molar-refractivity contribution >= 4 is 10.9 Å². The second kappa shape index (κ2) is 5.06. The summed E-state index contributed by atoms with van der Waals surface area (Å²) in [6, 6.07) is 19.2. The van der Waals surface area contributed by atoms with Gasteiger partial charge >= 0.3 is 0 Å². The highest BCUT2D eigenvalue weighted by atomic mass is 15.3. The third-order valence-electron chi connectivity index (χ3n) is 4.05. The van der Waals surface area contributed by atoms with Crippen LogP contribution in [0.3, 0.4) is 0 Å². The number of para-hydroxylation sites is 1. The first kappa shape index (κ1) is 12.2. The second-order valence-corrected chi connectivity index (χ2v) is 5.35. The Bertz CT molecular complexity index is 800. The van der Waals surface area contributed by atoms with Gasteiger partial charge in [0.05, 0.1) is 17.8 Å². The normalized spacial score (nSPS) is 15.8. The van der Waals surface area contributed by atoms with Crippen LogP contribution in [0.5, 0.6) is 0 Å². The van der Waals surface area contributed by atoms with Crippen molar-refractivity contribution < 1.29 is 0 Å². The van der Waals surface area contributed by atoms with E-state index in [2.05, 4.69) is 88.7 Å². The monoisotopic (exact) mass is 272 g/mol. The van der Waals surface area contributed by atoms with Gasteiger partial charge in [-0.15, -0.1) is 0 Å². The van der Waals surface area contributed by atoms with Crippen molar-refractivity contribution in [3.05, 3.63) is 90.7 Å². The maximum Gasteiger partial charge on any atom is 0.0873 e. The van der Waals surface area contributed by atoms with E-state index in [1.54, 1.807) is 0 Å². The fourth-order valence-corrected chi connectivity index (χ4v) is 3.05. The molecule has 0 spiro atoms. The third-order valence-corrected chi connectivity index (χ3v) is 4.05. The molecule has 1 unspecified atom stereocenters. The molecule has 2 heteroatoms. The molecular weight excluding hydrogens is 256 g/mol. The van der Waals surface area contributed by atoms with Crippen molar-refractivity contribution in [2.75, 3.05) is 0 Å². The number of benzene rings is 2. The Hall–Kier alpha value is -2.61. The van der Waals surface area contributed by atoms with Crippen LogP contribution in [0.1, 0.15) is 11.6 Å². The Morgan fingerprint density at radius 3 is 2.38 bits per heavy atom. The van der Waals surface area contributed by atoms with E-state index in [9.17, 15) is 0 Å². The number of allylic oxidation sites excluding steroid dienone is 4. The number of rotatable bonds is 3. The molecule has 2 nitrogen and oxygen atoms in total. The number of fused-ring (bicyclic) bond motifs is 1. The van der Waals surface area contributed by atoms with Crippen LogP contribution in [0.25, 0.3) is 10.9 Å². The summed E-state index contributed by atoms with van der Waals surface area (Å²) in [7, 11) is 0. The topological polar surface area (TPSA) is 17.8 Å². The van der Waals surface area contributed by atoms with Crippen LogP contribution in [-0.2, 0) is 0 Å². The van der Waals surface area contributed by atoms with E-state index in [1.807, 2.05) is 6.20 Å². The minimum Gasteiger partial charge on any atom is -0.256 e. The molecule has 0 radical (unpaired) electrons. The van der Waals surface area contributed by atoms with Gasteiger partial charge in [-0.05, 0) is 11.6 Å². The van der Waals surface area contributed by atoms with E-state index in [1.165, 1.54) is 16.5 Å². The van der Waals surface area contributed by atoms with Crippen molar-refractivity contribution in [3.8, 4) is 0 Å². The molecule has 2 aromatic carbocycles. The summed E-state index contributed by atoms with van der Waals surface area (Å²) in [5, 5.41) is 5.85.